The summed E-state index contributed by atoms with van der Waals surface area (Å²) in [6.45, 7) is 0.0140. The van der Waals surface area contributed by atoms with Gasteiger partial charge in [0.15, 0.2) is 0 Å². The fourth-order valence-electron chi connectivity index (χ4n) is 2.78. The Balaban J connectivity index is 1.54. The normalized spacial score (nSPS) is 11.0. The molecule has 4 rings (SSSR count). The fraction of sp³-hybridized carbons (Fsp3) is 0.0526. The number of nitrogens with one attached hydrogen (secondary N) is 2. The first-order valence-electron chi connectivity index (χ1n) is 8.06. The van der Waals surface area contributed by atoms with Gasteiger partial charge in [0.2, 0.25) is 0 Å². The lowest BCUT2D eigenvalue weighted by molar-refractivity contribution is 0.0951. The van der Waals surface area contributed by atoms with E-state index in [2.05, 4.69) is 15.5 Å². The van der Waals surface area contributed by atoms with E-state index in [1.54, 1.807) is 23.6 Å². The van der Waals surface area contributed by atoms with Gasteiger partial charge in [-0.15, -0.1) is 11.3 Å². The van der Waals surface area contributed by atoms with E-state index in [4.69, 9.17) is 17.3 Å². The van der Waals surface area contributed by atoms with Crippen molar-refractivity contribution in [3.05, 3.63) is 69.8 Å². The number of nitrogens with two attached hydrogens (primary N) is 1. The molecule has 0 bridgehead atoms. The molecular formula is C19H14ClFN4OS. The minimum atomic E-state index is -0.448. The van der Waals surface area contributed by atoms with Crippen molar-refractivity contribution in [1.82, 2.24) is 15.5 Å². The van der Waals surface area contributed by atoms with Gasteiger partial charge in [-0.05, 0) is 36.4 Å². The van der Waals surface area contributed by atoms with Crippen LogP contribution in [-0.2, 0) is 6.54 Å². The van der Waals surface area contributed by atoms with Gasteiger partial charge in [0, 0.05) is 33.6 Å². The zero-order valence-corrected chi connectivity index (χ0v) is 15.5. The highest BCUT2D eigenvalue weighted by molar-refractivity contribution is 7.14. The minimum absolute atomic E-state index is 0.0140. The number of aromatic nitrogens is 2. The molecule has 0 radical (unpaired) electrons. The van der Waals surface area contributed by atoms with Gasteiger partial charge in [-0.1, -0.05) is 17.7 Å². The fourth-order valence-corrected chi connectivity index (χ4v) is 3.90. The van der Waals surface area contributed by atoms with Gasteiger partial charge >= 0.3 is 0 Å². The third kappa shape index (κ3) is 3.39. The van der Waals surface area contributed by atoms with Crippen LogP contribution in [0.1, 0.15) is 15.9 Å². The number of rotatable bonds is 4. The summed E-state index contributed by atoms with van der Waals surface area (Å²) in [5, 5.41) is 12.9. The predicted octanol–water partition coefficient (Wildman–Crippen LogP) is 4.60. The summed E-state index contributed by atoms with van der Waals surface area (Å²) in [4.78, 5) is 13.3. The molecular weight excluding hydrogens is 387 g/mol. The van der Waals surface area contributed by atoms with Crippen LogP contribution in [0.15, 0.2) is 47.8 Å². The Morgan fingerprint density at radius 1 is 1.30 bits per heavy atom. The van der Waals surface area contributed by atoms with Gasteiger partial charge in [-0.3, -0.25) is 9.89 Å². The molecule has 136 valence electrons. The van der Waals surface area contributed by atoms with Crippen molar-refractivity contribution >= 4 is 45.4 Å². The number of anilines is 1. The van der Waals surface area contributed by atoms with Crippen LogP contribution in [-0.4, -0.2) is 16.1 Å². The Morgan fingerprint density at radius 3 is 2.96 bits per heavy atom. The number of benzene rings is 2. The lowest BCUT2D eigenvalue weighted by Gasteiger charge is -2.07. The highest BCUT2D eigenvalue weighted by Gasteiger charge is 2.15. The van der Waals surface area contributed by atoms with Crippen LogP contribution < -0.4 is 11.1 Å². The van der Waals surface area contributed by atoms with Crippen LogP contribution in [0.25, 0.3) is 21.5 Å². The van der Waals surface area contributed by atoms with Gasteiger partial charge in [-0.25, -0.2) is 4.39 Å². The summed E-state index contributed by atoms with van der Waals surface area (Å²) >= 11 is 7.40. The van der Waals surface area contributed by atoms with E-state index in [9.17, 15) is 9.18 Å². The monoisotopic (exact) mass is 400 g/mol. The zero-order chi connectivity index (χ0) is 19.0. The summed E-state index contributed by atoms with van der Waals surface area (Å²) in [6.07, 6.45) is 0. The van der Waals surface area contributed by atoms with E-state index in [1.165, 1.54) is 23.5 Å². The third-order valence-electron chi connectivity index (χ3n) is 4.17. The highest BCUT2D eigenvalue weighted by atomic mass is 35.5. The predicted molar refractivity (Wildman–Crippen MR) is 106 cm³/mol. The number of H-pyrrole nitrogens is 1. The molecule has 0 saturated heterocycles. The number of fused-ring (bicyclic) bond motifs is 1. The number of thiophene rings is 1. The zero-order valence-electron chi connectivity index (χ0n) is 13.9. The van der Waals surface area contributed by atoms with Crippen molar-refractivity contribution < 1.29 is 9.18 Å². The second-order valence-corrected chi connectivity index (χ2v) is 7.28. The summed E-state index contributed by atoms with van der Waals surface area (Å²) in [7, 11) is 0. The van der Waals surface area contributed by atoms with Crippen LogP contribution in [0.2, 0.25) is 5.02 Å². The first-order chi connectivity index (χ1) is 13.0. The van der Waals surface area contributed by atoms with E-state index < -0.39 is 5.82 Å². The first kappa shape index (κ1) is 17.5. The van der Waals surface area contributed by atoms with Gasteiger partial charge in [-0.2, -0.15) is 5.10 Å². The number of aromatic amines is 1. The smallest absolute Gasteiger partial charge is 0.252 e. The maximum atomic E-state index is 13.8. The standard InChI is InChI=1S/C19H14ClFN4OS/c20-14-2-1-3-15(21)13(14)8-23-19(26)10-6-17(27-9-10)18-12-5-4-11(22)7-16(12)24-25-18/h1-7,9H,8,22H2,(H,23,26)(H,24,25). The largest absolute Gasteiger partial charge is 0.399 e. The Kier molecular flexibility index (Phi) is 4.55. The van der Waals surface area contributed by atoms with Gasteiger partial charge in [0.1, 0.15) is 11.5 Å². The topological polar surface area (TPSA) is 83.8 Å². The third-order valence-corrected chi connectivity index (χ3v) is 5.46. The number of hydrogen-bond donors (Lipinski definition) is 3. The van der Waals surface area contributed by atoms with Crippen LogP contribution in [0.5, 0.6) is 0 Å². The van der Waals surface area contributed by atoms with Crippen molar-refractivity contribution in [2.24, 2.45) is 0 Å². The molecule has 1 amide bonds. The molecule has 0 aliphatic rings. The van der Waals surface area contributed by atoms with Gasteiger partial charge in [0.25, 0.3) is 5.91 Å². The first-order valence-corrected chi connectivity index (χ1v) is 9.32. The number of nitrogen functional groups attached to an aromatic ring is 1. The van der Waals surface area contributed by atoms with Crippen molar-refractivity contribution in [2.45, 2.75) is 6.54 Å². The Morgan fingerprint density at radius 2 is 2.15 bits per heavy atom. The molecule has 0 spiro atoms. The molecule has 2 aromatic carbocycles. The van der Waals surface area contributed by atoms with Crippen LogP contribution in [0.4, 0.5) is 10.1 Å². The lowest BCUT2D eigenvalue weighted by Crippen LogP contribution is -2.23. The molecule has 27 heavy (non-hydrogen) atoms. The van der Waals surface area contributed by atoms with Gasteiger partial charge < -0.3 is 11.1 Å². The molecule has 2 aromatic heterocycles. The van der Waals surface area contributed by atoms with Gasteiger partial charge in [0.05, 0.1) is 16.0 Å². The van der Waals surface area contributed by atoms with E-state index in [-0.39, 0.29) is 23.0 Å². The van der Waals surface area contributed by atoms with E-state index in [0.29, 0.717) is 11.3 Å². The molecule has 0 aliphatic heterocycles. The number of amides is 1. The maximum absolute atomic E-state index is 13.8. The molecule has 0 atom stereocenters. The number of carbonyl (C=O) groups is 1. The van der Waals surface area contributed by atoms with Crippen molar-refractivity contribution in [2.75, 3.05) is 5.73 Å². The number of nitrogens with zero attached hydrogens (tertiary/aromatic N) is 1. The Bertz CT molecular complexity index is 1130. The van der Waals surface area contributed by atoms with E-state index >= 15 is 0 Å². The molecule has 4 aromatic rings. The molecule has 4 N–H and O–H groups in total. The molecule has 0 fully saturated rings. The molecule has 0 saturated carbocycles. The minimum Gasteiger partial charge on any atom is -0.399 e. The Hall–Kier alpha value is -2.90. The Labute approximate surface area is 163 Å². The van der Waals surface area contributed by atoms with Crippen LogP contribution in [0.3, 0.4) is 0 Å². The maximum Gasteiger partial charge on any atom is 0.252 e. The number of halogens is 2. The average molecular weight is 401 g/mol. The summed E-state index contributed by atoms with van der Waals surface area (Å²) < 4.78 is 13.8. The summed E-state index contributed by atoms with van der Waals surface area (Å²) in [5.74, 6) is -0.753. The van der Waals surface area contributed by atoms with Crippen molar-refractivity contribution in [1.29, 1.82) is 0 Å². The average Bonchev–Trinajstić information content (AvgIpc) is 3.27. The summed E-state index contributed by atoms with van der Waals surface area (Å²) in [6, 6.07) is 11.7. The summed E-state index contributed by atoms with van der Waals surface area (Å²) in [5.41, 5.74) is 8.76. The number of hydrogen-bond acceptors (Lipinski definition) is 4. The highest BCUT2D eigenvalue weighted by Crippen LogP contribution is 2.32. The van der Waals surface area contributed by atoms with E-state index in [0.717, 1.165) is 21.5 Å². The van der Waals surface area contributed by atoms with E-state index in [1.807, 2.05) is 12.1 Å². The molecule has 0 aliphatic carbocycles. The number of carbonyl (C=O) groups excluding carboxylic acids is 1. The van der Waals surface area contributed by atoms with Crippen molar-refractivity contribution in [3.63, 3.8) is 0 Å². The SMILES string of the molecule is Nc1ccc2c(-c3cc(C(=O)NCc4c(F)cccc4Cl)cs3)n[nH]c2c1. The molecule has 2 heterocycles. The quantitative estimate of drug-likeness (QED) is 0.438. The molecule has 5 nitrogen and oxygen atoms in total. The van der Waals surface area contributed by atoms with Crippen molar-refractivity contribution in [3.8, 4) is 10.6 Å². The molecule has 8 heteroatoms. The molecule has 0 unspecified atom stereocenters. The van der Waals surface area contributed by atoms with Crippen LogP contribution in [0, 0.1) is 5.82 Å². The van der Waals surface area contributed by atoms with Crippen LogP contribution >= 0.6 is 22.9 Å². The lowest BCUT2D eigenvalue weighted by atomic mass is 10.1. The second kappa shape index (κ2) is 7.02. The second-order valence-electron chi connectivity index (χ2n) is 5.96.